The summed E-state index contributed by atoms with van der Waals surface area (Å²) in [6, 6.07) is 17.4. The molecule has 0 spiro atoms. The number of rotatable bonds is 17. The van der Waals surface area contributed by atoms with E-state index in [1.165, 1.54) is 0 Å². The molecule has 0 aliphatic heterocycles. The molecule has 0 radical (unpaired) electrons. The zero-order valence-corrected chi connectivity index (χ0v) is 27.2. The van der Waals surface area contributed by atoms with Gasteiger partial charge >= 0.3 is 5.97 Å². The van der Waals surface area contributed by atoms with Crippen molar-refractivity contribution in [3.05, 3.63) is 85.5 Å². The van der Waals surface area contributed by atoms with E-state index in [2.05, 4.69) is 58.9 Å². The number of hydrogen-bond donors (Lipinski definition) is 0. The fourth-order valence-corrected chi connectivity index (χ4v) is 5.24. The first-order valence-electron chi connectivity index (χ1n) is 14.5. The third kappa shape index (κ3) is 12.7. The average molecular weight is 593 g/mol. The van der Waals surface area contributed by atoms with E-state index in [1.54, 1.807) is 13.2 Å². The maximum absolute atomic E-state index is 12.5. The minimum atomic E-state index is -2.12. The van der Waals surface area contributed by atoms with E-state index in [-0.39, 0.29) is 17.2 Å². The maximum Gasteiger partial charge on any atom is 0.384 e. The van der Waals surface area contributed by atoms with Crippen LogP contribution in [-0.4, -0.2) is 46.3 Å². The lowest BCUT2D eigenvalue weighted by molar-refractivity contribution is -0.140. The lowest BCUT2D eigenvalue weighted by Gasteiger charge is -2.39. The normalized spacial score (nSPS) is 13.6. The van der Waals surface area contributed by atoms with E-state index < -0.39 is 20.4 Å². The Morgan fingerprint density at radius 3 is 2.26 bits per heavy atom. The van der Waals surface area contributed by atoms with E-state index >= 15 is 0 Å². The molecule has 3 atom stereocenters. The fraction of sp³-hybridized carbons (Fsp3) is 0.457. The summed E-state index contributed by atoms with van der Waals surface area (Å²) in [6.45, 7) is 19.7. The van der Waals surface area contributed by atoms with Gasteiger partial charge in [0.2, 0.25) is 0 Å². The molecule has 2 aromatic rings. The Balaban J connectivity index is 2.02. The number of methoxy groups -OCH3 is 1. The predicted octanol–water partition coefficient (Wildman–Crippen LogP) is 7.90. The van der Waals surface area contributed by atoms with E-state index in [0.29, 0.717) is 38.9 Å². The maximum atomic E-state index is 12.5. The zero-order valence-electron chi connectivity index (χ0n) is 26.2. The fourth-order valence-electron chi connectivity index (χ4n) is 3.88. The smallest absolute Gasteiger partial charge is 0.384 e. The van der Waals surface area contributed by atoms with Crippen molar-refractivity contribution in [1.82, 2.24) is 0 Å². The summed E-state index contributed by atoms with van der Waals surface area (Å²) in [5.74, 6) is 6.58. The van der Waals surface area contributed by atoms with Crippen LogP contribution in [0, 0.1) is 11.8 Å². The molecule has 0 fully saturated rings. The Morgan fingerprint density at radius 1 is 1.00 bits per heavy atom. The third-order valence-corrected chi connectivity index (χ3v) is 11.8. The molecule has 0 heterocycles. The van der Waals surface area contributed by atoms with Gasteiger partial charge in [-0.3, -0.25) is 0 Å². The zero-order chi connectivity index (χ0) is 31.0. The summed E-state index contributed by atoms with van der Waals surface area (Å²) >= 11 is 0. The van der Waals surface area contributed by atoms with E-state index in [9.17, 15) is 4.79 Å². The highest BCUT2D eigenvalue weighted by molar-refractivity contribution is 6.74. The van der Waals surface area contributed by atoms with Gasteiger partial charge in [0.1, 0.15) is 23.7 Å². The van der Waals surface area contributed by atoms with Crippen molar-refractivity contribution < 1.29 is 28.2 Å². The summed E-state index contributed by atoms with van der Waals surface area (Å²) < 4.78 is 29.5. The first kappa shape index (κ1) is 34.9. The second-order valence-corrected chi connectivity index (χ2v) is 16.4. The lowest BCUT2D eigenvalue weighted by atomic mass is 10.1. The van der Waals surface area contributed by atoms with Crippen molar-refractivity contribution in [2.75, 3.05) is 13.7 Å². The lowest BCUT2D eigenvalue weighted by Crippen LogP contribution is -2.44. The highest BCUT2D eigenvalue weighted by Crippen LogP contribution is 2.38. The summed E-state index contributed by atoms with van der Waals surface area (Å²) in [5.41, 5.74) is 1.09. The molecule has 0 aromatic heterocycles. The summed E-state index contributed by atoms with van der Waals surface area (Å²) in [5, 5.41) is 0.0160. The number of carbonyl (C=O) groups excluding carboxylic acids is 1. The van der Waals surface area contributed by atoms with Crippen LogP contribution < -0.4 is 9.47 Å². The van der Waals surface area contributed by atoms with Gasteiger partial charge in [0.15, 0.2) is 8.32 Å². The number of hydrogen-bond acceptors (Lipinski definition) is 6. The molecule has 0 bridgehead atoms. The van der Waals surface area contributed by atoms with Gasteiger partial charge in [-0.15, -0.1) is 6.58 Å². The van der Waals surface area contributed by atoms with Gasteiger partial charge < -0.3 is 23.4 Å². The molecule has 7 heteroatoms. The first-order valence-corrected chi connectivity index (χ1v) is 17.4. The Bertz CT molecular complexity index is 1160. The van der Waals surface area contributed by atoms with Crippen LogP contribution in [0.1, 0.15) is 52.0 Å². The molecule has 0 aliphatic carbocycles. The van der Waals surface area contributed by atoms with E-state index in [4.69, 9.17) is 23.4 Å². The van der Waals surface area contributed by atoms with Crippen molar-refractivity contribution in [3.63, 3.8) is 0 Å². The van der Waals surface area contributed by atoms with Gasteiger partial charge in [0, 0.05) is 31.6 Å². The van der Waals surface area contributed by atoms with Crippen molar-refractivity contribution in [3.8, 4) is 23.3 Å². The molecule has 0 saturated carbocycles. The van der Waals surface area contributed by atoms with Gasteiger partial charge in [-0.05, 0) is 48.0 Å². The van der Waals surface area contributed by atoms with Gasteiger partial charge in [-0.2, -0.15) is 0 Å². The highest BCUT2D eigenvalue weighted by atomic mass is 28.4. The first-order chi connectivity index (χ1) is 20.0. The van der Waals surface area contributed by atoms with Gasteiger partial charge in [0.25, 0.3) is 0 Å². The van der Waals surface area contributed by atoms with Gasteiger partial charge in [-0.25, -0.2) is 4.79 Å². The summed E-state index contributed by atoms with van der Waals surface area (Å²) in [6.07, 6.45) is 4.71. The number of ether oxygens (including phenoxy) is 4. The molecular formula is C35H48O6Si. The molecule has 0 unspecified atom stereocenters. The summed E-state index contributed by atoms with van der Waals surface area (Å²) in [4.78, 5) is 12.5. The van der Waals surface area contributed by atoms with Crippen LogP contribution in [0.15, 0.2) is 79.9 Å². The minimum Gasteiger partial charge on any atom is -0.497 e. The number of esters is 1. The Hall–Kier alpha value is -3.31. The van der Waals surface area contributed by atoms with Crippen LogP contribution >= 0.6 is 0 Å². The van der Waals surface area contributed by atoms with Crippen molar-refractivity contribution in [1.29, 1.82) is 0 Å². The second kappa shape index (κ2) is 17.6. The molecule has 2 rings (SSSR count). The average Bonchev–Trinajstić information content (AvgIpc) is 2.95. The third-order valence-electron chi connectivity index (χ3n) is 7.28. The Labute approximate surface area is 254 Å². The number of carbonyl (C=O) groups is 1. The van der Waals surface area contributed by atoms with Crippen molar-refractivity contribution >= 4 is 14.3 Å². The van der Waals surface area contributed by atoms with Gasteiger partial charge in [-0.1, -0.05) is 75.8 Å². The van der Waals surface area contributed by atoms with Crippen LogP contribution in [0.4, 0.5) is 0 Å². The van der Waals surface area contributed by atoms with Crippen LogP contribution in [0.25, 0.3) is 0 Å². The second-order valence-electron chi connectivity index (χ2n) is 11.7. The minimum absolute atomic E-state index is 0.0160. The summed E-state index contributed by atoms with van der Waals surface area (Å²) in [7, 11) is -0.490. The van der Waals surface area contributed by atoms with Crippen LogP contribution in [-0.2, 0) is 25.3 Å². The Kier molecular flexibility index (Phi) is 14.6. The van der Waals surface area contributed by atoms with Crippen LogP contribution in [0.3, 0.4) is 0 Å². The standard InChI is InChI=1S/C35H48O6Si/c1-9-15-32(39-31-22-20-30(37-6)21-23-31)26-33(41-42(7,8)35(3,4)5)18-14-19-34(36)40-29(10-2)24-25-38-27-28-16-12-11-13-17-28/h9-13,16-17,20-23,29,32-33H,1-2,15,18,24-27H2,3-8H3/t29-,32+,33+/m1/s1. The molecule has 0 amide bonds. The van der Waals surface area contributed by atoms with E-state index in [0.717, 1.165) is 17.1 Å². The monoisotopic (exact) mass is 592 g/mol. The number of benzene rings is 2. The predicted molar refractivity (Wildman–Crippen MR) is 172 cm³/mol. The van der Waals surface area contributed by atoms with Crippen LogP contribution in [0.5, 0.6) is 11.5 Å². The Morgan fingerprint density at radius 2 is 1.67 bits per heavy atom. The van der Waals surface area contributed by atoms with Crippen molar-refractivity contribution in [2.45, 2.75) is 89.5 Å². The SMILES string of the molecule is C=CC[C@@H](C[C@H](CC#CC(=O)O[C@H](C=C)CCOCc1ccccc1)O[Si](C)(C)C(C)(C)C)Oc1ccc(OC)cc1. The van der Waals surface area contributed by atoms with Crippen molar-refractivity contribution in [2.24, 2.45) is 0 Å². The topological polar surface area (TPSA) is 63.2 Å². The highest BCUT2D eigenvalue weighted by Gasteiger charge is 2.39. The van der Waals surface area contributed by atoms with Gasteiger partial charge in [0.05, 0.1) is 26.4 Å². The quantitative estimate of drug-likeness (QED) is 0.0465. The molecule has 0 aliphatic rings. The molecule has 0 saturated heterocycles. The molecule has 228 valence electrons. The molecule has 6 nitrogen and oxygen atoms in total. The molecular weight excluding hydrogens is 544 g/mol. The molecule has 42 heavy (non-hydrogen) atoms. The molecule has 0 N–H and O–H groups in total. The van der Waals surface area contributed by atoms with E-state index in [1.807, 2.05) is 60.7 Å². The largest absolute Gasteiger partial charge is 0.497 e. The van der Waals surface area contributed by atoms with Crippen LogP contribution in [0.2, 0.25) is 18.1 Å². The molecule has 2 aromatic carbocycles.